The number of carbonyl (C=O) groups is 2. The highest BCUT2D eigenvalue weighted by atomic mass is 16.3. The Labute approximate surface area is 176 Å². The molecule has 30 heavy (non-hydrogen) atoms. The molecule has 6 nitrogen and oxygen atoms in total. The van der Waals surface area contributed by atoms with E-state index in [1.165, 1.54) is 6.26 Å². The standard InChI is InChI=1S/C24H25N3O3/c1-18(26-13-15-27(16-14-26)24(29)22-12-7-17-30-22)23(28)25-21-11-6-5-10-20(21)19-8-3-2-4-9-19/h2-12,17-18H,13-16H2,1H3,(H,25,28). The third-order valence-corrected chi connectivity index (χ3v) is 5.53. The normalized spacial score (nSPS) is 15.6. The van der Waals surface area contributed by atoms with Gasteiger partial charge in [-0.3, -0.25) is 14.5 Å². The van der Waals surface area contributed by atoms with Crippen LogP contribution < -0.4 is 5.32 Å². The number of para-hydroxylation sites is 1. The van der Waals surface area contributed by atoms with Gasteiger partial charge < -0.3 is 14.6 Å². The molecule has 2 aromatic carbocycles. The summed E-state index contributed by atoms with van der Waals surface area (Å²) in [5.41, 5.74) is 2.85. The lowest BCUT2D eigenvalue weighted by Gasteiger charge is -2.37. The molecule has 1 fully saturated rings. The minimum Gasteiger partial charge on any atom is -0.459 e. The van der Waals surface area contributed by atoms with Gasteiger partial charge in [0, 0.05) is 37.4 Å². The first-order valence-electron chi connectivity index (χ1n) is 10.2. The highest BCUT2D eigenvalue weighted by molar-refractivity contribution is 5.98. The van der Waals surface area contributed by atoms with E-state index in [4.69, 9.17) is 4.42 Å². The number of benzene rings is 2. The summed E-state index contributed by atoms with van der Waals surface area (Å²) in [5.74, 6) is 0.199. The summed E-state index contributed by atoms with van der Waals surface area (Å²) in [6, 6.07) is 20.9. The first-order chi connectivity index (χ1) is 14.6. The number of amides is 2. The van der Waals surface area contributed by atoms with E-state index in [-0.39, 0.29) is 17.9 Å². The quantitative estimate of drug-likeness (QED) is 0.705. The first-order valence-corrected chi connectivity index (χ1v) is 10.2. The fourth-order valence-electron chi connectivity index (χ4n) is 3.73. The molecule has 1 atom stereocenters. The van der Waals surface area contributed by atoms with Crippen LogP contribution in [0.4, 0.5) is 5.69 Å². The summed E-state index contributed by atoms with van der Waals surface area (Å²) in [4.78, 5) is 29.2. The molecule has 1 unspecified atom stereocenters. The predicted octanol–water partition coefficient (Wildman–Crippen LogP) is 3.73. The second-order valence-electron chi connectivity index (χ2n) is 7.38. The lowest BCUT2D eigenvalue weighted by atomic mass is 10.0. The fraction of sp³-hybridized carbons (Fsp3) is 0.250. The maximum Gasteiger partial charge on any atom is 0.289 e. The monoisotopic (exact) mass is 403 g/mol. The maximum atomic E-state index is 12.9. The molecule has 0 aliphatic carbocycles. The lowest BCUT2D eigenvalue weighted by Crippen LogP contribution is -2.54. The number of hydrogen-bond acceptors (Lipinski definition) is 4. The number of hydrogen-bond donors (Lipinski definition) is 1. The van der Waals surface area contributed by atoms with Crippen molar-refractivity contribution in [2.75, 3.05) is 31.5 Å². The number of anilines is 1. The average Bonchev–Trinajstić information content (AvgIpc) is 3.34. The van der Waals surface area contributed by atoms with Crippen molar-refractivity contribution in [2.45, 2.75) is 13.0 Å². The number of furan rings is 1. The second kappa shape index (κ2) is 8.97. The molecule has 1 saturated heterocycles. The topological polar surface area (TPSA) is 65.8 Å². The van der Waals surface area contributed by atoms with Gasteiger partial charge in [-0.1, -0.05) is 48.5 Å². The summed E-state index contributed by atoms with van der Waals surface area (Å²) < 4.78 is 5.21. The first kappa shape index (κ1) is 19.9. The minimum absolute atomic E-state index is 0.0517. The van der Waals surface area contributed by atoms with Crippen LogP contribution in [0.1, 0.15) is 17.5 Å². The van der Waals surface area contributed by atoms with Gasteiger partial charge in [0.25, 0.3) is 5.91 Å². The molecule has 0 saturated carbocycles. The van der Waals surface area contributed by atoms with Crippen molar-refractivity contribution in [3.8, 4) is 11.1 Å². The van der Waals surface area contributed by atoms with Gasteiger partial charge >= 0.3 is 0 Å². The Morgan fingerprint density at radius 3 is 2.30 bits per heavy atom. The van der Waals surface area contributed by atoms with E-state index >= 15 is 0 Å². The maximum absolute atomic E-state index is 12.9. The third kappa shape index (κ3) is 4.28. The number of nitrogens with one attached hydrogen (secondary N) is 1. The van der Waals surface area contributed by atoms with Crippen LogP contribution in [0, 0.1) is 0 Å². The Morgan fingerprint density at radius 2 is 1.60 bits per heavy atom. The molecule has 2 heterocycles. The van der Waals surface area contributed by atoms with E-state index in [0.29, 0.717) is 31.9 Å². The van der Waals surface area contributed by atoms with Crippen molar-refractivity contribution >= 4 is 17.5 Å². The summed E-state index contributed by atoms with van der Waals surface area (Å²) in [6.07, 6.45) is 1.50. The van der Waals surface area contributed by atoms with E-state index in [9.17, 15) is 9.59 Å². The molecule has 4 rings (SSSR count). The van der Waals surface area contributed by atoms with Crippen LogP contribution in [-0.2, 0) is 4.79 Å². The van der Waals surface area contributed by atoms with Gasteiger partial charge in [-0.05, 0) is 30.7 Å². The molecule has 0 bridgehead atoms. The molecule has 1 aliphatic rings. The molecule has 3 aromatic rings. The largest absolute Gasteiger partial charge is 0.459 e. The third-order valence-electron chi connectivity index (χ3n) is 5.53. The zero-order valence-corrected chi connectivity index (χ0v) is 17.0. The summed E-state index contributed by atoms with van der Waals surface area (Å²) in [7, 11) is 0. The lowest BCUT2D eigenvalue weighted by molar-refractivity contribution is -0.121. The molecule has 0 radical (unpaired) electrons. The van der Waals surface area contributed by atoms with Gasteiger partial charge in [0.15, 0.2) is 5.76 Å². The Morgan fingerprint density at radius 1 is 0.900 bits per heavy atom. The molecule has 154 valence electrons. The van der Waals surface area contributed by atoms with E-state index in [1.807, 2.05) is 61.5 Å². The molecular weight excluding hydrogens is 378 g/mol. The van der Waals surface area contributed by atoms with Gasteiger partial charge in [-0.15, -0.1) is 0 Å². The van der Waals surface area contributed by atoms with Crippen LogP contribution in [0.2, 0.25) is 0 Å². The Bertz CT molecular complexity index is 994. The summed E-state index contributed by atoms with van der Waals surface area (Å²) in [6.45, 7) is 4.32. The summed E-state index contributed by atoms with van der Waals surface area (Å²) >= 11 is 0. The minimum atomic E-state index is -0.297. The number of nitrogens with zero attached hydrogens (tertiary/aromatic N) is 2. The number of rotatable bonds is 5. The van der Waals surface area contributed by atoms with E-state index in [2.05, 4.69) is 10.2 Å². The van der Waals surface area contributed by atoms with E-state index < -0.39 is 0 Å². The molecule has 2 amide bonds. The van der Waals surface area contributed by atoms with Crippen molar-refractivity contribution in [3.63, 3.8) is 0 Å². The van der Waals surface area contributed by atoms with Crippen molar-refractivity contribution in [3.05, 3.63) is 78.8 Å². The van der Waals surface area contributed by atoms with Crippen molar-refractivity contribution < 1.29 is 14.0 Å². The Hall–Kier alpha value is -3.38. The molecule has 1 aliphatic heterocycles. The van der Waals surface area contributed by atoms with Crippen LogP contribution in [0.5, 0.6) is 0 Å². The predicted molar refractivity (Wildman–Crippen MR) is 116 cm³/mol. The zero-order chi connectivity index (χ0) is 20.9. The molecule has 1 N–H and O–H groups in total. The van der Waals surface area contributed by atoms with Crippen LogP contribution in [0.3, 0.4) is 0 Å². The highest BCUT2D eigenvalue weighted by Gasteiger charge is 2.29. The van der Waals surface area contributed by atoms with Crippen molar-refractivity contribution in [1.29, 1.82) is 0 Å². The average molecular weight is 403 g/mol. The van der Waals surface area contributed by atoms with Gasteiger partial charge in [-0.25, -0.2) is 0 Å². The molecule has 6 heteroatoms. The van der Waals surface area contributed by atoms with Gasteiger partial charge in [0.2, 0.25) is 5.91 Å². The van der Waals surface area contributed by atoms with Crippen LogP contribution >= 0.6 is 0 Å². The second-order valence-corrected chi connectivity index (χ2v) is 7.38. The Kier molecular flexibility index (Phi) is 5.95. The van der Waals surface area contributed by atoms with Gasteiger partial charge in [0.1, 0.15) is 0 Å². The van der Waals surface area contributed by atoms with E-state index in [0.717, 1.165) is 16.8 Å². The van der Waals surface area contributed by atoms with Crippen LogP contribution in [-0.4, -0.2) is 53.8 Å². The highest BCUT2D eigenvalue weighted by Crippen LogP contribution is 2.27. The van der Waals surface area contributed by atoms with E-state index in [1.54, 1.807) is 17.0 Å². The Balaban J connectivity index is 1.38. The summed E-state index contributed by atoms with van der Waals surface area (Å²) in [5, 5.41) is 3.09. The van der Waals surface area contributed by atoms with Crippen molar-refractivity contribution in [2.24, 2.45) is 0 Å². The van der Waals surface area contributed by atoms with Gasteiger partial charge in [0.05, 0.1) is 12.3 Å². The molecule has 1 aromatic heterocycles. The SMILES string of the molecule is CC(C(=O)Nc1ccccc1-c1ccccc1)N1CCN(C(=O)c2ccco2)CC1. The molecule has 0 spiro atoms. The number of piperazine rings is 1. The van der Waals surface area contributed by atoms with Crippen LogP contribution in [0.25, 0.3) is 11.1 Å². The number of carbonyl (C=O) groups excluding carboxylic acids is 2. The van der Waals surface area contributed by atoms with Gasteiger partial charge in [-0.2, -0.15) is 0 Å². The van der Waals surface area contributed by atoms with Crippen molar-refractivity contribution in [1.82, 2.24) is 9.80 Å². The fourth-order valence-corrected chi connectivity index (χ4v) is 3.73. The van der Waals surface area contributed by atoms with Crippen LogP contribution in [0.15, 0.2) is 77.4 Å². The molecular formula is C24H25N3O3. The zero-order valence-electron chi connectivity index (χ0n) is 17.0. The smallest absolute Gasteiger partial charge is 0.289 e.